The normalized spacial score (nSPS) is 11.2. The predicted octanol–water partition coefficient (Wildman–Crippen LogP) is 20.4. The summed E-state index contributed by atoms with van der Waals surface area (Å²) in [7, 11) is 0. The lowest BCUT2D eigenvalue weighted by molar-refractivity contribution is 1.23. The van der Waals surface area contributed by atoms with Gasteiger partial charge in [0.05, 0.1) is 34.0 Å². The van der Waals surface area contributed by atoms with Crippen molar-refractivity contribution >= 4 is 10.9 Å². The van der Waals surface area contributed by atoms with Crippen LogP contribution in [0.5, 0.6) is 0 Å². The fraction of sp³-hybridized carbons (Fsp3) is 0. The summed E-state index contributed by atoms with van der Waals surface area (Å²) >= 11 is 0. The van der Waals surface area contributed by atoms with E-state index in [9.17, 15) is 0 Å². The van der Waals surface area contributed by atoms with Crippen LogP contribution in [0.15, 0.2) is 315 Å². The standard InChI is InChI=1S/C78H52N4/c1-7-19-53(20-8-1)56-31-33-58(34-32-56)67-47-70(60-39-35-57(36-40-60)54-21-9-2-10-22-54)77-71(48-67)76(65-43-37-59(38-44-65)69-51-73(62-27-15-5-16-28-62)79-74(52-69)63-29-17-6-18-30-63)81-78(82-77)66-45-41-64(42-46-66)75-50-68(55-23-11-3-12-24-55)49-72(80-75)61-25-13-4-14-26-61/h1-52H. The lowest BCUT2D eigenvalue weighted by Gasteiger charge is -2.16. The number of pyridine rings is 2. The molecule has 0 amide bonds. The molecular formula is C78H52N4. The highest BCUT2D eigenvalue weighted by Crippen LogP contribution is 2.41. The summed E-state index contributed by atoms with van der Waals surface area (Å²) in [6, 6.07) is 111. The predicted molar refractivity (Wildman–Crippen MR) is 340 cm³/mol. The number of fused-ring (bicyclic) bond motifs is 1. The maximum atomic E-state index is 5.60. The second kappa shape index (κ2) is 22.1. The molecule has 0 aliphatic rings. The zero-order valence-electron chi connectivity index (χ0n) is 44.8. The van der Waals surface area contributed by atoms with Crippen LogP contribution in [0.2, 0.25) is 0 Å². The van der Waals surface area contributed by atoms with Gasteiger partial charge in [-0.1, -0.05) is 279 Å². The fourth-order valence-electron chi connectivity index (χ4n) is 11.0. The molecule has 0 aliphatic heterocycles. The minimum Gasteiger partial charge on any atom is -0.248 e. The van der Waals surface area contributed by atoms with Crippen LogP contribution < -0.4 is 0 Å². The third-order valence-corrected chi connectivity index (χ3v) is 15.3. The Hall–Kier alpha value is -10.9. The van der Waals surface area contributed by atoms with Gasteiger partial charge in [-0.2, -0.15) is 0 Å². The lowest BCUT2D eigenvalue weighted by Crippen LogP contribution is -1.98. The van der Waals surface area contributed by atoms with Crippen molar-refractivity contribution in [1.82, 2.24) is 19.9 Å². The van der Waals surface area contributed by atoms with Crippen LogP contribution in [-0.2, 0) is 0 Å². The molecule has 3 aromatic heterocycles. The van der Waals surface area contributed by atoms with Gasteiger partial charge in [0, 0.05) is 44.3 Å². The molecule has 14 rings (SSSR count). The molecule has 3 heterocycles. The first-order chi connectivity index (χ1) is 40.6. The summed E-state index contributed by atoms with van der Waals surface area (Å²) in [5.41, 5.74) is 24.8. The molecule has 0 saturated heterocycles. The van der Waals surface area contributed by atoms with Gasteiger partial charge in [-0.15, -0.1) is 0 Å². The monoisotopic (exact) mass is 1040 g/mol. The highest BCUT2D eigenvalue weighted by atomic mass is 14.9. The van der Waals surface area contributed by atoms with E-state index in [4.69, 9.17) is 19.9 Å². The smallest absolute Gasteiger partial charge is 0.160 e. The summed E-state index contributed by atoms with van der Waals surface area (Å²) < 4.78 is 0. The summed E-state index contributed by atoms with van der Waals surface area (Å²) in [5, 5.41) is 0.955. The summed E-state index contributed by atoms with van der Waals surface area (Å²) in [6.45, 7) is 0. The molecule has 0 bridgehead atoms. The minimum atomic E-state index is 0.630. The van der Waals surface area contributed by atoms with Gasteiger partial charge in [0.25, 0.3) is 0 Å². The first-order valence-electron chi connectivity index (χ1n) is 27.8. The molecule has 384 valence electrons. The molecule has 0 aliphatic carbocycles. The molecule has 0 fully saturated rings. The zero-order valence-corrected chi connectivity index (χ0v) is 44.8. The van der Waals surface area contributed by atoms with E-state index in [-0.39, 0.29) is 0 Å². The van der Waals surface area contributed by atoms with Crippen LogP contribution in [0.25, 0.3) is 145 Å². The Bertz CT molecular complexity index is 4400. The average molecular weight is 1050 g/mol. The Morgan fingerprint density at radius 1 is 0.171 bits per heavy atom. The van der Waals surface area contributed by atoms with Gasteiger partial charge in [0.2, 0.25) is 0 Å². The van der Waals surface area contributed by atoms with Crippen molar-refractivity contribution in [1.29, 1.82) is 0 Å². The first-order valence-corrected chi connectivity index (χ1v) is 27.8. The number of hydrogen-bond donors (Lipinski definition) is 0. The van der Waals surface area contributed by atoms with Crippen LogP contribution in [0.4, 0.5) is 0 Å². The summed E-state index contributed by atoms with van der Waals surface area (Å²) in [4.78, 5) is 21.6. The molecule has 0 saturated carbocycles. The maximum absolute atomic E-state index is 5.60. The van der Waals surface area contributed by atoms with Crippen LogP contribution in [0, 0.1) is 0 Å². The Kier molecular flexibility index (Phi) is 13.3. The summed E-state index contributed by atoms with van der Waals surface area (Å²) in [6.07, 6.45) is 0. The third-order valence-electron chi connectivity index (χ3n) is 15.3. The van der Waals surface area contributed by atoms with E-state index in [0.717, 1.165) is 123 Å². The van der Waals surface area contributed by atoms with E-state index < -0.39 is 0 Å². The van der Waals surface area contributed by atoms with Gasteiger partial charge in [-0.3, -0.25) is 0 Å². The molecule has 4 nitrogen and oxygen atoms in total. The van der Waals surface area contributed by atoms with Crippen molar-refractivity contribution in [3.8, 4) is 134 Å². The molecule has 4 heteroatoms. The number of aromatic nitrogens is 4. The SMILES string of the molecule is c1ccc(-c2ccc(-c3cc(-c4ccc(-c5ccccc5)cc4)c4nc(-c5ccc(-c6cc(-c7ccccc7)cc(-c7ccccc7)n6)cc5)nc(-c5ccc(-c6cc(-c7ccccc7)nc(-c7ccccc7)c6)cc5)c4c3)cc2)cc1. The Balaban J connectivity index is 0.938. The highest BCUT2D eigenvalue weighted by Gasteiger charge is 2.20. The van der Waals surface area contributed by atoms with Gasteiger partial charge >= 0.3 is 0 Å². The van der Waals surface area contributed by atoms with E-state index in [2.05, 4.69) is 297 Å². The molecule has 0 unspecified atom stereocenters. The highest BCUT2D eigenvalue weighted by molar-refractivity contribution is 6.05. The van der Waals surface area contributed by atoms with Crippen molar-refractivity contribution in [2.45, 2.75) is 0 Å². The molecular weight excluding hydrogens is 993 g/mol. The molecule has 11 aromatic carbocycles. The largest absolute Gasteiger partial charge is 0.248 e. The van der Waals surface area contributed by atoms with E-state index in [0.29, 0.717) is 5.82 Å². The Labute approximate surface area is 478 Å². The van der Waals surface area contributed by atoms with Crippen LogP contribution >= 0.6 is 0 Å². The molecule has 0 atom stereocenters. The number of rotatable bonds is 12. The minimum absolute atomic E-state index is 0.630. The van der Waals surface area contributed by atoms with Crippen molar-refractivity contribution in [2.24, 2.45) is 0 Å². The average Bonchev–Trinajstić information content (AvgIpc) is 3.74. The summed E-state index contributed by atoms with van der Waals surface area (Å²) in [5.74, 6) is 0.630. The second-order valence-electron chi connectivity index (χ2n) is 20.6. The molecule has 0 radical (unpaired) electrons. The first kappa shape index (κ1) is 49.4. The molecule has 0 N–H and O–H groups in total. The number of hydrogen-bond acceptors (Lipinski definition) is 4. The van der Waals surface area contributed by atoms with E-state index in [1.165, 1.54) is 16.7 Å². The van der Waals surface area contributed by atoms with E-state index in [1.807, 2.05) is 18.2 Å². The Morgan fingerprint density at radius 2 is 0.439 bits per heavy atom. The topological polar surface area (TPSA) is 51.6 Å². The van der Waals surface area contributed by atoms with Crippen molar-refractivity contribution < 1.29 is 0 Å². The molecule has 0 spiro atoms. The third kappa shape index (κ3) is 10.2. The van der Waals surface area contributed by atoms with Crippen molar-refractivity contribution in [3.63, 3.8) is 0 Å². The van der Waals surface area contributed by atoms with Gasteiger partial charge < -0.3 is 0 Å². The zero-order chi connectivity index (χ0) is 54.6. The van der Waals surface area contributed by atoms with Gasteiger partial charge in [-0.25, -0.2) is 19.9 Å². The van der Waals surface area contributed by atoms with Gasteiger partial charge in [-0.05, 0) is 97.6 Å². The maximum Gasteiger partial charge on any atom is 0.160 e. The van der Waals surface area contributed by atoms with Crippen LogP contribution in [0.1, 0.15) is 0 Å². The van der Waals surface area contributed by atoms with E-state index in [1.54, 1.807) is 0 Å². The van der Waals surface area contributed by atoms with Gasteiger partial charge in [0.1, 0.15) is 0 Å². The quantitative estimate of drug-likeness (QED) is 0.122. The van der Waals surface area contributed by atoms with Crippen LogP contribution in [0.3, 0.4) is 0 Å². The van der Waals surface area contributed by atoms with E-state index >= 15 is 0 Å². The van der Waals surface area contributed by atoms with Gasteiger partial charge in [0.15, 0.2) is 5.82 Å². The number of nitrogens with zero attached hydrogens (tertiary/aromatic N) is 4. The van der Waals surface area contributed by atoms with Crippen molar-refractivity contribution in [3.05, 3.63) is 315 Å². The molecule has 14 aromatic rings. The van der Waals surface area contributed by atoms with Crippen LogP contribution in [-0.4, -0.2) is 19.9 Å². The Morgan fingerprint density at radius 3 is 0.829 bits per heavy atom. The fourth-order valence-corrected chi connectivity index (χ4v) is 11.0. The molecule has 82 heavy (non-hydrogen) atoms. The van der Waals surface area contributed by atoms with Crippen molar-refractivity contribution in [2.75, 3.05) is 0 Å². The number of benzene rings is 11. The lowest BCUT2D eigenvalue weighted by atomic mass is 9.91. The second-order valence-corrected chi connectivity index (χ2v) is 20.6.